The minimum Gasteiger partial charge on any atom is -0.454 e. The minimum absolute atomic E-state index is 0.847. The Hall–Kier alpha value is -7.94. The molecule has 0 saturated carbocycles. The van der Waals surface area contributed by atoms with Crippen molar-refractivity contribution in [3.05, 3.63) is 237 Å². The molecule has 11 aromatic rings. The third kappa shape index (κ3) is 6.32. The van der Waals surface area contributed by atoms with Crippen molar-refractivity contribution in [3.63, 3.8) is 0 Å². The maximum absolute atomic E-state index is 6.78. The second kappa shape index (κ2) is 15.1. The van der Waals surface area contributed by atoms with E-state index in [9.17, 15) is 0 Å². The van der Waals surface area contributed by atoms with Crippen LogP contribution in [0.15, 0.2) is 241 Å². The number of rotatable bonds is 8. The zero-order valence-electron chi connectivity index (χ0n) is 32.9. The average Bonchev–Trinajstić information content (AvgIpc) is 3.72. The Bertz CT molecular complexity index is 3290. The molecule has 0 fully saturated rings. The quantitative estimate of drug-likeness (QED) is 0.153. The van der Waals surface area contributed by atoms with Gasteiger partial charge in [0.2, 0.25) is 0 Å². The van der Waals surface area contributed by atoms with Crippen molar-refractivity contribution >= 4 is 49.8 Å². The van der Waals surface area contributed by atoms with Crippen LogP contribution in [0.4, 0.5) is 17.1 Å². The summed E-state index contributed by atoms with van der Waals surface area (Å²) in [6, 6.07) is 84.8. The second-order valence-electron chi connectivity index (χ2n) is 15.3. The molecule has 0 radical (unpaired) electrons. The fourth-order valence-corrected chi connectivity index (χ4v) is 8.78. The van der Waals surface area contributed by atoms with Gasteiger partial charge in [-0.3, -0.25) is 0 Å². The van der Waals surface area contributed by atoms with E-state index in [2.05, 4.69) is 235 Å². The van der Waals surface area contributed by atoms with Gasteiger partial charge in [0.15, 0.2) is 5.58 Å². The van der Waals surface area contributed by atoms with Crippen LogP contribution in [0.1, 0.15) is 0 Å². The van der Waals surface area contributed by atoms with Crippen LogP contribution in [0.5, 0.6) is 0 Å². The molecule has 11 rings (SSSR count). The second-order valence-corrected chi connectivity index (χ2v) is 15.3. The molecule has 0 saturated heterocycles. The van der Waals surface area contributed by atoms with Gasteiger partial charge in [0.05, 0.1) is 11.4 Å². The largest absolute Gasteiger partial charge is 0.454 e. The number of anilines is 3. The highest BCUT2D eigenvalue weighted by molar-refractivity contribution is 6.11. The van der Waals surface area contributed by atoms with Gasteiger partial charge in [-0.05, 0) is 97.2 Å². The highest BCUT2D eigenvalue weighted by Crippen LogP contribution is 2.50. The lowest BCUT2D eigenvalue weighted by Crippen LogP contribution is -2.12. The van der Waals surface area contributed by atoms with Crippen LogP contribution in [0, 0.1) is 0 Å². The lowest BCUT2D eigenvalue weighted by atomic mass is 9.87. The van der Waals surface area contributed by atoms with E-state index >= 15 is 0 Å². The van der Waals surface area contributed by atoms with E-state index in [1.807, 2.05) is 6.07 Å². The van der Waals surface area contributed by atoms with Crippen LogP contribution < -0.4 is 4.90 Å². The minimum atomic E-state index is 0.847. The zero-order valence-corrected chi connectivity index (χ0v) is 32.9. The molecule has 282 valence electrons. The maximum atomic E-state index is 6.78. The molecule has 60 heavy (non-hydrogen) atoms. The molecule has 2 nitrogen and oxygen atoms in total. The predicted octanol–water partition coefficient (Wildman–Crippen LogP) is 16.5. The van der Waals surface area contributed by atoms with Crippen molar-refractivity contribution in [2.75, 3.05) is 4.90 Å². The van der Waals surface area contributed by atoms with E-state index in [1.165, 1.54) is 38.6 Å². The first-order valence-corrected chi connectivity index (χ1v) is 20.5. The molecule has 0 N–H and O–H groups in total. The third-order valence-corrected chi connectivity index (χ3v) is 11.7. The number of furan rings is 1. The highest BCUT2D eigenvalue weighted by Gasteiger charge is 2.25. The molecule has 0 bridgehead atoms. The van der Waals surface area contributed by atoms with Crippen molar-refractivity contribution < 1.29 is 4.42 Å². The van der Waals surface area contributed by atoms with E-state index in [1.54, 1.807) is 0 Å². The summed E-state index contributed by atoms with van der Waals surface area (Å²) in [6.45, 7) is 0. The number of fused-ring (bicyclic) bond motifs is 4. The van der Waals surface area contributed by atoms with E-state index < -0.39 is 0 Å². The Labute approximate surface area is 349 Å². The van der Waals surface area contributed by atoms with E-state index in [0.717, 1.165) is 66.8 Å². The van der Waals surface area contributed by atoms with Gasteiger partial charge in [0.1, 0.15) is 5.58 Å². The van der Waals surface area contributed by atoms with Crippen LogP contribution in [-0.4, -0.2) is 0 Å². The first kappa shape index (κ1) is 35.2. The molecule has 1 aromatic heterocycles. The van der Waals surface area contributed by atoms with Gasteiger partial charge < -0.3 is 9.32 Å². The Kier molecular flexibility index (Phi) is 8.87. The Balaban J connectivity index is 1.10. The van der Waals surface area contributed by atoms with Crippen LogP contribution in [0.25, 0.3) is 88.3 Å². The van der Waals surface area contributed by atoms with Gasteiger partial charge in [0, 0.05) is 22.0 Å². The molecule has 0 aliphatic rings. The van der Waals surface area contributed by atoms with Crippen molar-refractivity contribution in [3.8, 4) is 55.6 Å². The van der Waals surface area contributed by atoms with Gasteiger partial charge in [-0.15, -0.1) is 0 Å². The summed E-state index contributed by atoms with van der Waals surface area (Å²) in [6.07, 6.45) is 0. The van der Waals surface area contributed by atoms with Crippen molar-refractivity contribution in [1.82, 2.24) is 0 Å². The number of hydrogen-bond donors (Lipinski definition) is 0. The topological polar surface area (TPSA) is 16.4 Å². The number of para-hydroxylation sites is 2. The molecule has 10 aromatic carbocycles. The Morgan fingerprint density at radius 2 is 0.817 bits per heavy atom. The molecule has 0 spiro atoms. The third-order valence-electron chi connectivity index (χ3n) is 11.7. The fourth-order valence-electron chi connectivity index (χ4n) is 8.78. The van der Waals surface area contributed by atoms with Crippen LogP contribution in [-0.2, 0) is 0 Å². The summed E-state index contributed by atoms with van der Waals surface area (Å²) in [4.78, 5) is 2.39. The van der Waals surface area contributed by atoms with Gasteiger partial charge in [0.25, 0.3) is 0 Å². The Morgan fingerprint density at radius 3 is 1.57 bits per heavy atom. The zero-order chi connectivity index (χ0) is 39.8. The van der Waals surface area contributed by atoms with Gasteiger partial charge in [-0.25, -0.2) is 0 Å². The van der Waals surface area contributed by atoms with Crippen LogP contribution in [0.2, 0.25) is 0 Å². The van der Waals surface area contributed by atoms with Crippen LogP contribution >= 0.6 is 0 Å². The average molecular weight is 766 g/mol. The molecular weight excluding hydrogens is 727 g/mol. The molecule has 0 amide bonds. The molecule has 0 unspecified atom stereocenters. The molecule has 0 aliphatic carbocycles. The summed E-state index contributed by atoms with van der Waals surface area (Å²) in [7, 11) is 0. The molecule has 0 atom stereocenters. The molecule has 2 heteroatoms. The van der Waals surface area contributed by atoms with Gasteiger partial charge in [-0.2, -0.15) is 0 Å². The first-order valence-electron chi connectivity index (χ1n) is 20.5. The number of hydrogen-bond acceptors (Lipinski definition) is 2. The normalized spacial score (nSPS) is 11.3. The van der Waals surface area contributed by atoms with Crippen molar-refractivity contribution in [2.45, 2.75) is 0 Å². The molecular formula is C58H39NO. The summed E-state index contributed by atoms with van der Waals surface area (Å²) < 4.78 is 6.78. The monoisotopic (exact) mass is 765 g/mol. The van der Waals surface area contributed by atoms with Crippen molar-refractivity contribution in [2.24, 2.45) is 0 Å². The molecule has 1 heterocycles. The summed E-state index contributed by atoms with van der Waals surface area (Å²) >= 11 is 0. The summed E-state index contributed by atoms with van der Waals surface area (Å²) in [5.41, 5.74) is 16.5. The number of nitrogens with zero attached hydrogens (tertiary/aromatic N) is 1. The highest BCUT2D eigenvalue weighted by atomic mass is 16.3. The SMILES string of the molecule is c1ccc(-c2ccccc2-c2c(-c3ccccc3)cccc2N(c2ccc(-c3ccc(-c4ccc5ccccc5c4)cc3)cc2)c2cccc3c2oc2ccccc23)cc1. The summed E-state index contributed by atoms with van der Waals surface area (Å²) in [5.74, 6) is 0. The predicted molar refractivity (Wildman–Crippen MR) is 253 cm³/mol. The van der Waals surface area contributed by atoms with E-state index in [4.69, 9.17) is 4.42 Å². The lowest BCUT2D eigenvalue weighted by molar-refractivity contribution is 0.669. The standard InChI is InChI=1S/C58H39NO/c1-3-16-44(17-4-1)49-21-9-10-23-52(49)57-50(45-18-5-2-6-19-45)24-13-26-54(57)59(55-27-14-25-53-51-22-11-12-28-56(51)60-58(53)55)48-37-35-42(36-38-48)41-29-31-43(32-30-41)47-34-33-40-15-7-8-20-46(40)39-47/h1-39H. The lowest BCUT2D eigenvalue weighted by Gasteiger charge is -2.30. The smallest absolute Gasteiger partial charge is 0.159 e. The fraction of sp³-hybridized carbons (Fsp3) is 0. The van der Waals surface area contributed by atoms with E-state index in [0.29, 0.717) is 0 Å². The van der Waals surface area contributed by atoms with Crippen molar-refractivity contribution in [1.29, 1.82) is 0 Å². The van der Waals surface area contributed by atoms with Gasteiger partial charge in [-0.1, -0.05) is 200 Å². The Morgan fingerprint density at radius 1 is 0.300 bits per heavy atom. The summed E-state index contributed by atoms with van der Waals surface area (Å²) in [5, 5.41) is 4.69. The molecule has 0 aliphatic heterocycles. The first-order chi connectivity index (χ1) is 29.8. The maximum Gasteiger partial charge on any atom is 0.159 e. The van der Waals surface area contributed by atoms with Gasteiger partial charge >= 0.3 is 0 Å². The van der Waals surface area contributed by atoms with Crippen LogP contribution in [0.3, 0.4) is 0 Å². The van der Waals surface area contributed by atoms with E-state index in [-0.39, 0.29) is 0 Å². The number of benzene rings is 10.